The van der Waals surface area contributed by atoms with E-state index < -0.39 is 0 Å². The lowest BCUT2D eigenvalue weighted by Crippen LogP contribution is -2.00. The number of nitrogens with zero attached hydrogens (tertiary/aromatic N) is 5. The van der Waals surface area contributed by atoms with Crippen LogP contribution in [0.5, 0.6) is 0 Å². The number of hydrogen-bond donors (Lipinski definition) is 0. The molecule has 228 valence electrons. The van der Waals surface area contributed by atoms with E-state index in [1.807, 2.05) is 48.7 Å². The quantitative estimate of drug-likeness (QED) is 0.196. The smallest absolute Gasteiger partial charge is 0.156 e. The van der Waals surface area contributed by atoms with Crippen LogP contribution in [0, 0.1) is 0 Å². The number of fused-ring (bicyclic) bond motifs is 11. The van der Waals surface area contributed by atoms with Gasteiger partial charge < -0.3 is 4.42 Å². The maximum absolute atomic E-state index is 6.12. The normalized spacial score (nSPS) is 12.1. The molecule has 0 bridgehead atoms. The summed E-state index contributed by atoms with van der Waals surface area (Å²) < 4.78 is 10.7. The van der Waals surface area contributed by atoms with E-state index in [0.717, 1.165) is 88.7 Å². The number of rotatable bonds is 3. The van der Waals surface area contributed by atoms with E-state index in [1.54, 1.807) is 0 Å². The molecule has 0 spiro atoms. The van der Waals surface area contributed by atoms with Crippen molar-refractivity contribution in [1.82, 2.24) is 24.1 Å². The molecule has 49 heavy (non-hydrogen) atoms. The van der Waals surface area contributed by atoms with Crippen LogP contribution in [0.1, 0.15) is 0 Å². The Labute approximate surface area is 279 Å². The lowest BCUT2D eigenvalue weighted by molar-refractivity contribution is 0.669. The summed E-state index contributed by atoms with van der Waals surface area (Å²) in [5.41, 5.74) is 9.80. The third kappa shape index (κ3) is 3.74. The Bertz CT molecular complexity index is 3130. The zero-order valence-electron chi connectivity index (χ0n) is 26.1. The summed E-state index contributed by atoms with van der Waals surface area (Å²) in [7, 11) is 0. The topological polar surface area (TPSA) is 61.7 Å². The van der Waals surface area contributed by atoms with Crippen molar-refractivity contribution in [2.24, 2.45) is 0 Å². The van der Waals surface area contributed by atoms with Crippen LogP contribution in [0.3, 0.4) is 0 Å². The number of benzene rings is 6. The molecule has 0 amide bonds. The molecule has 0 saturated carbocycles. The van der Waals surface area contributed by atoms with E-state index in [1.165, 1.54) is 10.8 Å². The number of para-hydroxylation sites is 5. The molecule has 0 N–H and O–H groups in total. The van der Waals surface area contributed by atoms with Gasteiger partial charge in [0.2, 0.25) is 0 Å². The average Bonchev–Trinajstić information content (AvgIpc) is 3.82. The molecule has 0 radical (unpaired) electrons. The monoisotopic (exact) mass is 627 g/mol. The summed E-state index contributed by atoms with van der Waals surface area (Å²) in [5.74, 6) is 1.64. The zero-order chi connectivity index (χ0) is 32.1. The summed E-state index contributed by atoms with van der Waals surface area (Å²) in [5, 5.41) is 6.85. The van der Waals surface area contributed by atoms with Gasteiger partial charge in [0.15, 0.2) is 5.82 Å². The van der Waals surface area contributed by atoms with Crippen LogP contribution in [-0.2, 0) is 0 Å². The second-order valence-corrected chi connectivity index (χ2v) is 12.5. The highest BCUT2D eigenvalue weighted by Gasteiger charge is 2.22. The van der Waals surface area contributed by atoms with Gasteiger partial charge >= 0.3 is 0 Å². The predicted octanol–water partition coefficient (Wildman–Crippen LogP) is 10.8. The number of furan rings is 1. The van der Waals surface area contributed by atoms with Gasteiger partial charge in [0.05, 0.1) is 45.0 Å². The molecule has 5 heterocycles. The number of pyridine rings is 1. The van der Waals surface area contributed by atoms with E-state index in [9.17, 15) is 0 Å². The van der Waals surface area contributed by atoms with Crippen molar-refractivity contribution in [3.63, 3.8) is 0 Å². The van der Waals surface area contributed by atoms with Gasteiger partial charge in [-0.15, -0.1) is 0 Å². The van der Waals surface area contributed by atoms with Crippen LogP contribution in [0.25, 0.3) is 99.5 Å². The highest BCUT2D eigenvalue weighted by molar-refractivity contribution is 6.26. The van der Waals surface area contributed by atoms with Crippen LogP contribution in [0.15, 0.2) is 156 Å². The Morgan fingerprint density at radius 1 is 0.449 bits per heavy atom. The van der Waals surface area contributed by atoms with Crippen molar-refractivity contribution >= 4 is 76.6 Å². The minimum absolute atomic E-state index is 0.786. The summed E-state index contributed by atoms with van der Waals surface area (Å²) in [6.45, 7) is 0. The second-order valence-electron chi connectivity index (χ2n) is 12.5. The summed E-state index contributed by atoms with van der Waals surface area (Å²) in [6.07, 6.45) is 1.87. The molecule has 0 saturated heterocycles. The third-order valence-corrected chi connectivity index (χ3v) is 9.77. The molecule has 11 rings (SSSR count). The fourth-order valence-electron chi connectivity index (χ4n) is 7.64. The average molecular weight is 628 g/mol. The first-order valence-electron chi connectivity index (χ1n) is 16.4. The highest BCUT2D eigenvalue weighted by Crippen LogP contribution is 2.42. The third-order valence-electron chi connectivity index (χ3n) is 9.77. The Hall–Kier alpha value is -6.79. The second kappa shape index (κ2) is 9.86. The highest BCUT2D eigenvalue weighted by atomic mass is 16.3. The maximum atomic E-state index is 6.12. The first kappa shape index (κ1) is 26.3. The van der Waals surface area contributed by atoms with Gasteiger partial charge in [-0.05, 0) is 66.7 Å². The summed E-state index contributed by atoms with van der Waals surface area (Å²) in [6, 6.07) is 50.5. The first-order valence-corrected chi connectivity index (χ1v) is 16.4. The lowest BCUT2D eigenvalue weighted by atomic mass is 10.1. The number of aromatic nitrogens is 5. The maximum Gasteiger partial charge on any atom is 0.156 e. The SMILES string of the molecule is c1cc(-c2ccc3oc4ccccc4c3c2)nc(-n2c3ccccc3c3ccc4c(c5ccccc5n4-c4cnc5ccccc5n4)c32)c1. The van der Waals surface area contributed by atoms with Crippen molar-refractivity contribution in [1.29, 1.82) is 0 Å². The molecule has 0 aliphatic heterocycles. The van der Waals surface area contributed by atoms with Gasteiger partial charge in [0.25, 0.3) is 0 Å². The fourth-order valence-corrected chi connectivity index (χ4v) is 7.64. The largest absolute Gasteiger partial charge is 0.456 e. The summed E-state index contributed by atoms with van der Waals surface area (Å²) in [4.78, 5) is 15.2. The van der Waals surface area contributed by atoms with Crippen molar-refractivity contribution in [2.75, 3.05) is 0 Å². The molecule has 0 atom stereocenters. The van der Waals surface area contributed by atoms with E-state index in [-0.39, 0.29) is 0 Å². The molecule has 11 aromatic rings. The molecule has 5 aromatic heterocycles. The molecule has 6 nitrogen and oxygen atoms in total. The molecular weight excluding hydrogens is 603 g/mol. The minimum atomic E-state index is 0.786. The lowest BCUT2D eigenvalue weighted by Gasteiger charge is -2.11. The van der Waals surface area contributed by atoms with Crippen LogP contribution < -0.4 is 0 Å². The van der Waals surface area contributed by atoms with Gasteiger partial charge in [-0.3, -0.25) is 14.1 Å². The Balaban J connectivity index is 1.20. The summed E-state index contributed by atoms with van der Waals surface area (Å²) >= 11 is 0. The minimum Gasteiger partial charge on any atom is -0.456 e. The molecule has 0 aliphatic rings. The zero-order valence-corrected chi connectivity index (χ0v) is 26.1. The fraction of sp³-hybridized carbons (Fsp3) is 0. The molecule has 0 unspecified atom stereocenters. The van der Waals surface area contributed by atoms with E-state index in [4.69, 9.17) is 19.4 Å². The van der Waals surface area contributed by atoms with Gasteiger partial charge in [-0.1, -0.05) is 78.9 Å². The first-order chi connectivity index (χ1) is 24.3. The molecule has 0 fully saturated rings. The van der Waals surface area contributed by atoms with Crippen LogP contribution in [-0.4, -0.2) is 24.1 Å². The van der Waals surface area contributed by atoms with E-state index in [0.29, 0.717) is 0 Å². The van der Waals surface area contributed by atoms with Crippen molar-refractivity contribution < 1.29 is 4.42 Å². The molecular formula is C43H25N5O. The van der Waals surface area contributed by atoms with Crippen LogP contribution in [0.4, 0.5) is 0 Å². The van der Waals surface area contributed by atoms with Crippen molar-refractivity contribution in [3.8, 4) is 22.9 Å². The van der Waals surface area contributed by atoms with Gasteiger partial charge in [0.1, 0.15) is 17.0 Å². The van der Waals surface area contributed by atoms with Crippen molar-refractivity contribution in [3.05, 3.63) is 152 Å². The molecule has 6 heteroatoms. The van der Waals surface area contributed by atoms with Crippen molar-refractivity contribution in [2.45, 2.75) is 0 Å². The molecule has 6 aromatic carbocycles. The standard InChI is InChI=1S/C43H25N5O/c1-6-16-35-27(10-1)29-21-22-37-42(30-12-2-7-17-36(30)47(37)41-25-44-33-13-4-5-14-34(33)46-41)43(29)48(35)40-19-9-15-32(45-40)26-20-23-39-31(24-26)28-11-3-8-18-38(28)49-39/h1-25H. The van der Waals surface area contributed by atoms with Crippen LogP contribution in [0.2, 0.25) is 0 Å². The van der Waals surface area contributed by atoms with Crippen LogP contribution >= 0.6 is 0 Å². The Kier molecular flexibility index (Phi) is 5.29. The Morgan fingerprint density at radius 3 is 2.08 bits per heavy atom. The van der Waals surface area contributed by atoms with E-state index in [2.05, 4.69) is 112 Å². The van der Waals surface area contributed by atoms with Gasteiger partial charge in [-0.25, -0.2) is 9.97 Å². The predicted molar refractivity (Wildman–Crippen MR) is 199 cm³/mol. The molecule has 0 aliphatic carbocycles. The van der Waals surface area contributed by atoms with Gasteiger partial charge in [-0.2, -0.15) is 0 Å². The van der Waals surface area contributed by atoms with Gasteiger partial charge in [0, 0.05) is 37.9 Å². The Morgan fingerprint density at radius 2 is 1.18 bits per heavy atom. The number of hydrogen-bond acceptors (Lipinski definition) is 4. The van der Waals surface area contributed by atoms with E-state index >= 15 is 0 Å².